The average Bonchev–Trinajstić information content (AvgIpc) is 3.02. The summed E-state index contributed by atoms with van der Waals surface area (Å²) in [6.07, 6.45) is 4.88. The number of carbonyl (C=O) groups is 1. The minimum absolute atomic E-state index is 0.0369. The molecule has 5 heteroatoms. The highest BCUT2D eigenvalue weighted by Gasteiger charge is 2.28. The van der Waals surface area contributed by atoms with Gasteiger partial charge in [0.05, 0.1) is 11.7 Å². The molecule has 128 valence electrons. The smallest absolute Gasteiger partial charge is 0.322 e. The number of likely N-dealkylation sites (tertiary alicyclic amines) is 1. The fourth-order valence-corrected chi connectivity index (χ4v) is 3.50. The second kappa shape index (κ2) is 6.59. The van der Waals surface area contributed by atoms with Gasteiger partial charge >= 0.3 is 6.03 Å². The number of pyridine rings is 1. The zero-order chi connectivity index (χ0) is 17.2. The molecule has 2 amide bonds. The number of nitrogens with one attached hydrogen (secondary N) is 1. The van der Waals surface area contributed by atoms with Gasteiger partial charge < -0.3 is 14.6 Å². The number of aryl methyl sites for hydroxylation is 1. The third-order valence-corrected chi connectivity index (χ3v) is 4.68. The first-order valence-electron chi connectivity index (χ1n) is 8.69. The lowest BCUT2D eigenvalue weighted by Gasteiger charge is -2.35. The van der Waals surface area contributed by atoms with Gasteiger partial charge in [0.25, 0.3) is 0 Å². The summed E-state index contributed by atoms with van der Waals surface area (Å²) in [5.74, 6) is 0.865. The van der Waals surface area contributed by atoms with Crippen molar-refractivity contribution < 1.29 is 9.21 Å². The average molecular weight is 335 g/mol. The molecular formula is C20H21N3O2. The molecule has 0 spiro atoms. The van der Waals surface area contributed by atoms with E-state index in [1.54, 1.807) is 6.20 Å². The molecule has 2 aromatic heterocycles. The van der Waals surface area contributed by atoms with Gasteiger partial charge in [0.2, 0.25) is 0 Å². The maximum atomic E-state index is 12.9. The minimum Gasteiger partial charge on any atom is -0.461 e. The summed E-state index contributed by atoms with van der Waals surface area (Å²) in [6.45, 7) is 2.67. The lowest BCUT2D eigenvalue weighted by atomic mass is 9.99. The molecule has 4 rings (SSSR count). The zero-order valence-corrected chi connectivity index (χ0v) is 14.2. The predicted octanol–water partition coefficient (Wildman–Crippen LogP) is 4.90. The molecule has 1 atom stereocenters. The van der Waals surface area contributed by atoms with Crippen LogP contribution in [0, 0.1) is 6.92 Å². The highest BCUT2D eigenvalue weighted by molar-refractivity contribution is 5.92. The van der Waals surface area contributed by atoms with E-state index >= 15 is 0 Å². The first-order chi connectivity index (χ1) is 12.2. The summed E-state index contributed by atoms with van der Waals surface area (Å²) in [4.78, 5) is 19.2. The van der Waals surface area contributed by atoms with Gasteiger partial charge in [-0.25, -0.2) is 4.79 Å². The molecule has 3 heterocycles. The second-order valence-corrected chi connectivity index (χ2v) is 6.50. The molecule has 0 bridgehead atoms. The van der Waals surface area contributed by atoms with Gasteiger partial charge in [-0.3, -0.25) is 4.98 Å². The fraction of sp³-hybridized carbons (Fsp3) is 0.300. The number of anilines is 1. The van der Waals surface area contributed by atoms with Crippen LogP contribution in [0.1, 0.15) is 36.8 Å². The number of benzene rings is 1. The summed E-state index contributed by atoms with van der Waals surface area (Å²) in [7, 11) is 0. The van der Waals surface area contributed by atoms with Crippen LogP contribution in [0.5, 0.6) is 0 Å². The van der Waals surface area contributed by atoms with Gasteiger partial charge in [-0.2, -0.15) is 0 Å². The second-order valence-electron chi connectivity index (χ2n) is 6.50. The van der Waals surface area contributed by atoms with Crippen molar-refractivity contribution >= 4 is 22.7 Å². The molecule has 1 aromatic carbocycles. The molecule has 3 aromatic rings. The Morgan fingerprint density at radius 3 is 3.00 bits per heavy atom. The summed E-state index contributed by atoms with van der Waals surface area (Å²) in [6, 6.07) is 13.5. The van der Waals surface area contributed by atoms with E-state index in [4.69, 9.17) is 4.42 Å². The standard InChI is InChI=1S/C20H21N3O2/c1-14-12-15-13-16(8-9-19(15)25-14)22-20(24)23-11-5-3-7-18(23)17-6-2-4-10-21-17/h2,4,6,8-10,12-13,18H,3,5,7,11H2,1H3,(H,22,24). The normalized spacial score (nSPS) is 17.6. The summed E-state index contributed by atoms with van der Waals surface area (Å²) in [5, 5.41) is 4.03. The molecule has 1 saturated heterocycles. The van der Waals surface area contributed by atoms with Crippen LogP contribution >= 0.6 is 0 Å². The van der Waals surface area contributed by atoms with Gasteiger partial charge in [0.15, 0.2) is 0 Å². The molecule has 1 fully saturated rings. The van der Waals surface area contributed by atoms with Crippen LogP contribution in [0.3, 0.4) is 0 Å². The van der Waals surface area contributed by atoms with E-state index in [9.17, 15) is 4.79 Å². The van der Waals surface area contributed by atoms with Crippen LogP contribution < -0.4 is 5.32 Å². The van der Waals surface area contributed by atoms with E-state index in [1.165, 1.54) is 0 Å². The quantitative estimate of drug-likeness (QED) is 0.725. The maximum absolute atomic E-state index is 12.9. The first-order valence-corrected chi connectivity index (χ1v) is 8.69. The number of rotatable bonds is 2. The van der Waals surface area contributed by atoms with Crippen LogP contribution in [-0.4, -0.2) is 22.5 Å². The molecule has 0 radical (unpaired) electrons. The number of urea groups is 1. The SMILES string of the molecule is Cc1cc2cc(NC(=O)N3CCCCC3c3ccccn3)ccc2o1. The van der Waals surface area contributed by atoms with Gasteiger partial charge in [-0.05, 0) is 62.6 Å². The van der Waals surface area contributed by atoms with E-state index in [0.29, 0.717) is 0 Å². The van der Waals surface area contributed by atoms with Gasteiger partial charge in [0.1, 0.15) is 11.3 Å². The fourth-order valence-electron chi connectivity index (χ4n) is 3.50. The Kier molecular flexibility index (Phi) is 4.14. The first kappa shape index (κ1) is 15.7. The number of amides is 2. The van der Waals surface area contributed by atoms with Crippen LogP contribution in [0.4, 0.5) is 10.5 Å². The molecule has 0 saturated carbocycles. The van der Waals surface area contributed by atoms with Crippen molar-refractivity contribution in [1.29, 1.82) is 0 Å². The van der Waals surface area contributed by atoms with Crippen molar-refractivity contribution in [1.82, 2.24) is 9.88 Å². The highest BCUT2D eigenvalue weighted by atomic mass is 16.3. The molecule has 1 unspecified atom stereocenters. The third-order valence-electron chi connectivity index (χ3n) is 4.68. The van der Waals surface area contributed by atoms with Crippen LogP contribution in [0.2, 0.25) is 0 Å². The monoisotopic (exact) mass is 335 g/mol. The van der Waals surface area contributed by atoms with Crippen molar-refractivity contribution in [2.75, 3.05) is 11.9 Å². The van der Waals surface area contributed by atoms with Crippen LogP contribution in [0.25, 0.3) is 11.0 Å². The number of nitrogens with zero attached hydrogens (tertiary/aromatic N) is 2. The Morgan fingerprint density at radius 1 is 1.24 bits per heavy atom. The third kappa shape index (κ3) is 3.22. The van der Waals surface area contributed by atoms with Crippen LogP contribution in [-0.2, 0) is 0 Å². The number of carbonyl (C=O) groups excluding carboxylic acids is 1. The molecule has 1 N–H and O–H groups in total. The maximum Gasteiger partial charge on any atom is 0.322 e. The topological polar surface area (TPSA) is 58.4 Å². The molecule has 0 aliphatic carbocycles. The lowest BCUT2D eigenvalue weighted by Crippen LogP contribution is -2.41. The van der Waals surface area contributed by atoms with E-state index in [0.717, 1.165) is 53.9 Å². The van der Waals surface area contributed by atoms with Crippen molar-refractivity contribution in [2.45, 2.75) is 32.2 Å². The molecule has 5 nitrogen and oxygen atoms in total. The number of hydrogen-bond acceptors (Lipinski definition) is 3. The number of furan rings is 1. The molecule has 1 aliphatic heterocycles. The van der Waals surface area contributed by atoms with E-state index < -0.39 is 0 Å². The van der Waals surface area contributed by atoms with E-state index in [2.05, 4.69) is 10.3 Å². The molecular weight excluding hydrogens is 314 g/mol. The summed E-state index contributed by atoms with van der Waals surface area (Å²) in [5.41, 5.74) is 2.57. The number of fused-ring (bicyclic) bond motifs is 1. The van der Waals surface area contributed by atoms with E-state index in [1.807, 2.05) is 54.3 Å². The molecule has 1 aliphatic rings. The van der Waals surface area contributed by atoms with Crippen molar-refractivity contribution in [2.24, 2.45) is 0 Å². The highest BCUT2D eigenvalue weighted by Crippen LogP contribution is 2.30. The molecule has 25 heavy (non-hydrogen) atoms. The Hall–Kier alpha value is -2.82. The lowest BCUT2D eigenvalue weighted by molar-refractivity contribution is 0.161. The summed E-state index contributed by atoms with van der Waals surface area (Å²) >= 11 is 0. The number of hydrogen-bond donors (Lipinski definition) is 1. The Morgan fingerprint density at radius 2 is 2.16 bits per heavy atom. The predicted molar refractivity (Wildman–Crippen MR) is 97.5 cm³/mol. The minimum atomic E-state index is -0.0741. The Bertz CT molecular complexity index is 888. The van der Waals surface area contributed by atoms with Gasteiger partial charge in [0, 0.05) is 23.8 Å². The Labute approximate surface area is 146 Å². The van der Waals surface area contributed by atoms with Gasteiger partial charge in [-0.1, -0.05) is 6.07 Å². The van der Waals surface area contributed by atoms with Crippen molar-refractivity contribution in [3.05, 3.63) is 60.1 Å². The van der Waals surface area contributed by atoms with Crippen molar-refractivity contribution in [3.63, 3.8) is 0 Å². The van der Waals surface area contributed by atoms with Gasteiger partial charge in [-0.15, -0.1) is 0 Å². The Balaban J connectivity index is 1.55. The van der Waals surface area contributed by atoms with E-state index in [-0.39, 0.29) is 12.1 Å². The number of piperidine rings is 1. The summed E-state index contributed by atoms with van der Waals surface area (Å²) < 4.78 is 5.59. The zero-order valence-electron chi connectivity index (χ0n) is 14.2. The van der Waals surface area contributed by atoms with Crippen molar-refractivity contribution in [3.8, 4) is 0 Å². The largest absolute Gasteiger partial charge is 0.461 e. The van der Waals surface area contributed by atoms with Crippen LogP contribution in [0.15, 0.2) is 53.1 Å². The number of aromatic nitrogens is 1.